The van der Waals surface area contributed by atoms with Crippen molar-refractivity contribution in [1.82, 2.24) is 0 Å². The Balaban J connectivity index is 1.59. The van der Waals surface area contributed by atoms with Crippen LogP contribution in [0.15, 0.2) is 97.1 Å². The topological polar surface area (TPSA) is 72.9 Å². The van der Waals surface area contributed by atoms with Gasteiger partial charge in [-0.1, -0.05) is 66.7 Å². The molecule has 0 saturated carbocycles. The Labute approximate surface area is 242 Å². The van der Waals surface area contributed by atoms with Crippen LogP contribution in [-0.4, -0.2) is 43.7 Å². The van der Waals surface area contributed by atoms with Crippen molar-refractivity contribution < 1.29 is 28.2 Å². The van der Waals surface area contributed by atoms with Gasteiger partial charge in [-0.3, -0.25) is 14.4 Å². The summed E-state index contributed by atoms with van der Waals surface area (Å²) >= 11 is 0. The number of ketones is 3. The summed E-state index contributed by atoms with van der Waals surface area (Å²) in [6, 6.07) is 23.3. The molecule has 42 heavy (non-hydrogen) atoms. The second kappa shape index (κ2) is 9.52. The summed E-state index contributed by atoms with van der Waals surface area (Å²) in [5, 5.41) is 0. The number of rotatable bonds is 5. The van der Waals surface area contributed by atoms with Gasteiger partial charge in [-0.15, -0.1) is 0 Å². The second-order valence-electron chi connectivity index (χ2n) is 10.7. The zero-order valence-electron chi connectivity index (χ0n) is 22.9. The molecular weight excluding hydrogens is 533 g/mol. The molecule has 3 aliphatic rings. The molecule has 1 spiro atoms. The van der Waals surface area contributed by atoms with Crippen molar-refractivity contribution in [2.75, 3.05) is 19.1 Å². The SMILES string of the molecule is COc1ccc(OC)c([C@@H]2[C@@H](C(=O)c3ccccc3)N3c4ccc(F)cc4C=C[C@H]3C23C(=O)c2ccccc2C3=O)c1. The van der Waals surface area contributed by atoms with Gasteiger partial charge in [0.2, 0.25) is 0 Å². The third-order valence-corrected chi connectivity index (χ3v) is 8.86. The van der Waals surface area contributed by atoms with Crippen LogP contribution in [0.2, 0.25) is 0 Å². The Hall–Kier alpha value is -5.04. The van der Waals surface area contributed by atoms with Gasteiger partial charge < -0.3 is 14.4 Å². The first kappa shape index (κ1) is 25.9. The summed E-state index contributed by atoms with van der Waals surface area (Å²) in [6.07, 6.45) is 3.50. The number of Topliss-reactive ketones (excluding diaryl/α,β-unsaturated/α-hetero) is 3. The molecule has 0 unspecified atom stereocenters. The van der Waals surface area contributed by atoms with Crippen LogP contribution in [-0.2, 0) is 0 Å². The molecule has 0 amide bonds. The summed E-state index contributed by atoms with van der Waals surface area (Å²) in [5.41, 5.74) is 0.993. The highest BCUT2D eigenvalue weighted by atomic mass is 19.1. The molecule has 2 aliphatic heterocycles. The van der Waals surface area contributed by atoms with Crippen LogP contribution in [0.3, 0.4) is 0 Å². The number of carbonyl (C=O) groups excluding carboxylic acids is 3. The molecule has 2 heterocycles. The van der Waals surface area contributed by atoms with Crippen LogP contribution in [0.25, 0.3) is 6.08 Å². The van der Waals surface area contributed by atoms with Crippen LogP contribution < -0.4 is 14.4 Å². The summed E-state index contributed by atoms with van der Waals surface area (Å²) in [4.78, 5) is 46.1. The van der Waals surface area contributed by atoms with E-state index in [9.17, 15) is 18.8 Å². The van der Waals surface area contributed by atoms with Gasteiger partial charge in [-0.25, -0.2) is 4.39 Å². The fraction of sp³-hybridized carbons (Fsp3) is 0.171. The molecule has 7 rings (SSSR count). The quantitative estimate of drug-likeness (QED) is 0.216. The van der Waals surface area contributed by atoms with Crippen molar-refractivity contribution >= 4 is 29.1 Å². The molecule has 0 radical (unpaired) electrons. The molecule has 208 valence electrons. The highest BCUT2D eigenvalue weighted by molar-refractivity contribution is 6.32. The summed E-state index contributed by atoms with van der Waals surface area (Å²) in [5.74, 6) is -1.47. The number of anilines is 1. The predicted octanol–water partition coefficient (Wildman–Crippen LogP) is 6.16. The minimum Gasteiger partial charge on any atom is -0.497 e. The van der Waals surface area contributed by atoms with Gasteiger partial charge in [0.1, 0.15) is 28.8 Å². The Morgan fingerprint density at radius 3 is 2.19 bits per heavy atom. The Bertz CT molecular complexity index is 1780. The summed E-state index contributed by atoms with van der Waals surface area (Å²) in [6.45, 7) is 0. The lowest BCUT2D eigenvalue weighted by Crippen LogP contribution is -2.48. The number of fused-ring (bicyclic) bond motifs is 5. The number of methoxy groups -OCH3 is 2. The first-order valence-electron chi connectivity index (χ1n) is 13.7. The Morgan fingerprint density at radius 2 is 1.52 bits per heavy atom. The number of hydrogen-bond donors (Lipinski definition) is 0. The van der Waals surface area contributed by atoms with E-state index in [2.05, 4.69) is 0 Å². The standard InChI is InChI=1S/C35H26FNO5/c1-41-23-14-16-28(42-2)26(19-23)30-31(32(38)20-8-4-3-5-9-20)37-27-15-13-22(36)18-21(27)12-17-29(37)35(30)33(39)24-10-6-7-11-25(24)34(35)40/h3-19,29-31H,1-2H3/t29-,30+,31-/m0/s1. The van der Waals surface area contributed by atoms with Crippen molar-refractivity contribution in [3.8, 4) is 11.5 Å². The molecule has 1 aliphatic carbocycles. The minimum atomic E-state index is -1.71. The van der Waals surface area contributed by atoms with Crippen LogP contribution in [0.5, 0.6) is 11.5 Å². The zero-order valence-corrected chi connectivity index (χ0v) is 22.9. The van der Waals surface area contributed by atoms with E-state index in [4.69, 9.17) is 9.47 Å². The van der Waals surface area contributed by atoms with Gasteiger partial charge in [0.05, 0.1) is 20.3 Å². The van der Waals surface area contributed by atoms with Crippen LogP contribution in [0, 0.1) is 11.2 Å². The van der Waals surface area contributed by atoms with E-state index >= 15 is 0 Å². The summed E-state index contributed by atoms with van der Waals surface area (Å²) < 4.78 is 25.8. The van der Waals surface area contributed by atoms with Crippen molar-refractivity contribution in [1.29, 1.82) is 0 Å². The number of ether oxygens (including phenoxy) is 2. The van der Waals surface area contributed by atoms with E-state index in [-0.39, 0.29) is 17.3 Å². The van der Waals surface area contributed by atoms with Gasteiger partial charge in [0.15, 0.2) is 17.3 Å². The molecule has 4 aromatic carbocycles. The molecule has 7 heteroatoms. The molecule has 1 saturated heterocycles. The van der Waals surface area contributed by atoms with Crippen molar-refractivity contribution in [2.24, 2.45) is 5.41 Å². The number of carbonyl (C=O) groups is 3. The molecule has 3 atom stereocenters. The highest BCUT2D eigenvalue weighted by Crippen LogP contribution is 2.62. The highest BCUT2D eigenvalue weighted by Gasteiger charge is 2.72. The molecule has 1 fully saturated rings. The zero-order chi connectivity index (χ0) is 29.2. The molecule has 0 bridgehead atoms. The maximum atomic E-state index is 14.8. The van der Waals surface area contributed by atoms with Gasteiger partial charge in [-0.2, -0.15) is 0 Å². The minimum absolute atomic E-state index is 0.269. The van der Waals surface area contributed by atoms with E-state index in [0.29, 0.717) is 45.0 Å². The lowest BCUT2D eigenvalue weighted by molar-refractivity contribution is 0.0664. The van der Waals surface area contributed by atoms with E-state index in [1.807, 2.05) is 11.0 Å². The lowest BCUT2D eigenvalue weighted by Gasteiger charge is -2.37. The molecule has 4 aromatic rings. The van der Waals surface area contributed by atoms with Crippen LogP contribution in [0.1, 0.15) is 48.1 Å². The predicted molar refractivity (Wildman–Crippen MR) is 156 cm³/mol. The van der Waals surface area contributed by atoms with Gasteiger partial charge in [0, 0.05) is 39.4 Å². The number of halogens is 1. The number of benzene rings is 4. The largest absolute Gasteiger partial charge is 0.497 e. The fourth-order valence-electron chi connectivity index (χ4n) is 7.15. The van der Waals surface area contributed by atoms with Crippen molar-refractivity contribution in [3.63, 3.8) is 0 Å². The van der Waals surface area contributed by atoms with Crippen LogP contribution >= 0.6 is 0 Å². The van der Waals surface area contributed by atoms with Gasteiger partial charge in [0.25, 0.3) is 0 Å². The van der Waals surface area contributed by atoms with Crippen LogP contribution in [0.4, 0.5) is 10.1 Å². The summed E-state index contributed by atoms with van der Waals surface area (Å²) in [7, 11) is 3.04. The third-order valence-electron chi connectivity index (χ3n) is 8.86. The third kappa shape index (κ3) is 3.40. The Morgan fingerprint density at radius 1 is 0.833 bits per heavy atom. The van der Waals surface area contributed by atoms with E-state index in [0.717, 1.165) is 0 Å². The molecule has 6 nitrogen and oxygen atoms in total. The average molecular weight is 560 g/mol. The number of nitrogens with zero attached hydrogens (tertiary/aromatic N) is 1. The number of hydrogen-bond acceptors (Lipinski definition) is 6. The first-order valence-corrected chi connectivity index (χ1v) is 13.7. The van der Waals surface area contributed by atoms with E-state index in [1.165, 1.54) is 26.4 Å². The van der Waals surface area contributed by atoms with Crippen molar-refractivity contribution in [2.45, 2.75) is 18.0 Å². The Kier molecular flexibility index (Phi) is 5.87. The second-order valence-corrected chi connectivity index (χ2v) is 10.7. The van der Waals surface area contributed by atoms with Gasteiger partial charge >= 0.3 is 0 Å². The van der Waals surface area contributed by atoms with E-state index < -0.39 is 29.2 Å². The lowest BCUT2D eigenvalue weighted by atomic mass is 9.64. The molecule has 0 aromatic heterocycles. The monoisotopic (exact) mass is 559 g/mol. The average Bonchev–Trinajstić information content (AvgIpc) is 3.46. The smallest absolute Gasteiger partial charge is 0.185 e. The van der Waals surface area contributed by atoms with Crippen molar-refractivity contribution in [3.05, 3.63) is 131 Å². The van der Waals surface area contributed by atoms with Gasteiger partial charge in [-0.05, 0) is 36.4 Å². The molecule has 0 N–H and O–H groups in total. The first-order chi connectivity index (χ1) is 20.4. The maximum absolute atomic E-state index is 14.8. The normalized spacial score (nSPS) is 21.2. The molecular formula is C35H26FNO5. The van der Waals surface area contributed by atoms with E-state index in [1.54, 1.807) is 84.9 Å². The maximum Gasteiger partial charge on any atom is 0.185 e. The fourth-order valence-corrected chi connectivity index (χ4v) is 7.15.